The monoisotopic (exact) mass is 372 g/mol. The zero-order valence-electron chi connectivity index (χ0n) is 17.5. The summed E-state index contributed by atoms with van der Waals surface area (Å²) in [5, 5.41) is 6.72. The Morgan fingerprint density at radius 1 is 1.19 bits per heavy atom. The molecule has 0 aromatic heterocycles. The van der Waals surface area contributed by atoms with E-state index in [9.17, 15) is 4.79 Å². The summed E-state index contributed by atoms with van der Waals surface area (Å²) in [7, 11) is 0. The quantitative estimate of drug-likeness (QED) is 0.398. The van der Waals surface area contributed by atoms with Crippen LogP contribution in [0.1, 0.15) is 58.1 Å². The second-order valence-electron chi connectivity index (χ2n) is 7.89. The third kappa shape index (κ3) is 6.56. The largest absolute Gasteiger partial charge is 0.357 e. The highest BCUT2D eigenvalue weighted by atomic mass is 16.2. The molecule has 0 spiro atoms. The van der Waals surface area contributed by atoms with E-state index in [1.807, 2.05) is 4.90 Å². The van der Waals surface area contributed by atoms with Crippen molar-refractivity contribution >= 4 is 11.9 Å². The van der Waals surface area contributed by atoms with Crippen molar-refractivity contribution in [2.45, 2.75) is 58.8 Å². The Labute approximate surface area is 164 Å². The Kier molecular flexibility index (Phi) is 8.14. The molecule has 1 heterocycles. The summed E-state index contributed by atoms with van der Waals surface area (Å²) in [6.45, 7) is 12.9. The molecule has 1 fully saturated rings. The number of guanidine groups is 1. The Morgan fingerprint density at radius 3 is 2.52 bits per heavy atom. The lowest BCUT2D eigenvalue weighted by molar-refractivity contribution is -0.127. The van der Waals surface area contributed by atoms with Gasteiger partial charge in [-0.1, -0.05) is 45.0 Å². The topological polar surface area (TPSA) is 56.7 Å². The number of nitrogens with zero attached hydrogens (tertiary/aromatic N) is 2. The van der Waals surface area contributed by atoms with Crippen molar-refractivity contribution in [3.63, 3.8) is 0 Å². The van der Waals surface area contributed by atoms with Crippen molar-refractivity contribution in [1.29, 1.82) is 0 Å². The average Bonchev–Trinajstić information content (AvgIpc) is 3.08. The zero-order chi connectivity index (χ0) is 19.7. The number of carbonyl (C=O) groups excluding carboxylic acids is 1. The fraction of sp³-hybridized carbons (Fsp3) is 0.636. The number of aliphatic imine (C=N–C) groups is 1. The van der Waals surface area contributed by atoms with Gasteiger partial charge in [-0.2, -0.15) is 0 Å². The number of benzene rings is 1. The molecule has 150 valence electrons. The molecule has 1 aliphatic rings. The van der Waals surface area contributed by atoms with Gasteiger partial charge in [0.2, 0.25) is 5.91 Å². The lowest BCUT2D eigenvalue weighted by atomic mass is 9.84. The minimum absolute atomic E-state index is 0.0173. The maximum Gasteiger partial charge on any atom is 0.222 e. The predicted octanol–water partition coefficient (Wildman–Crippen LogP) is 3.09. The summed E-state index contributed by atoms with van der Waals surface area (Å²) in [5.74, 6) is 1.15. The number of aryl methyl sites for hydroxylation is 1. The lowest BCUT2D eigenvalue weighted by Crippen LogP contribution is -2.40. The summed E-state index contributed by atoms with van der Waals surface area (Å²) >= 11 is 0. The van der Waals surface area contributed by atoms with Gasteiger partial charge in [-0.15, -0.1) is 0 Å². The summed E-state index contributed by atoms with van der Waals surface area (Å²) in [4.78, 5) is 18.4. The van der Waals surface area contributed by atoms with Crippen LogP contribution >= 0.6 is 0 Å². The van der Waals surface area contributed by atoms with Crippen molar-refractivity contribution in [3.05, 3.63) is 35.4 Å². The number of carbonyl (C=O) groups is 1. The fourth-order valence-electron chi connectivity index (χ4n) is 3.32. The van der Waals surface area contributed by atoms with Gasteiger partial charge >= 0.3 is 0 Å². The van der Waals surface area contributed by atoms with Crippen LogP contribution in [0.2, 0.25) is 0 Å². The number of likely N-dealkylation sites (tertiary alicyclic amines) is 1. The number of nitrogens with one attached hydrogen (secondary N) is 2. The van der Waals surface area contributed by atoms with Gasteiger partial charge in [0.15, 0.2) is 5.96 Å². The second-order valence-corrected chi connectivity index (χ2v) is 7.89. The van der Waals surface area contributed by atoms with Gasteiger partial charge in [0.1, 0.15) is 0 Å². The van der Waals surface area contributed by atoms with Crippen molar-refractivity contribution in [3.8, 4) is 0 Å². The van der Waals surface area contributed by atoms with Crippen molar-refractivity contribution in [2.24, 2.45) is 4.99 Å². The van der Waals surface area contributed by atoms with Gasteiger partial charge in [-0.25, -0.2) is 0 Å². The SMILES string of the molecule is CCNC(=NCC(C)(C)c1ccc(CC)cc1)NCCCN1CCCC1=O. The molecule has 0 saturated carbocycles. The Balaban J connectivity index is 1.85. The molecule has 0 aliphatic carbocycles. The summed E-state index contributed by atoms with van der Waals surface area (Å²) < 4.78 is 0. The second kappa shape index (κ2) is 10.3. The van der Waals surface area contributed by atoms with Gasteiger partial charge in [-0.05, 0) is 37.3 Å². The molecule has 1 aromatic carbocycles. The zero-order valence-corrected chi connectivity index (χ0v) is 17.5. The van der Waals surface area contributed by atoms with E-state index in [0.29, 0.717) is 12.3 Å². The van der Waals surface area contributed by atoms with E-state index in [-0.39, 0.29) is 5.41 Å². The summed E-state index contributed by atoms with van der Waals surface area (Å²) in [6.07, 6.45) is 3.73. The Hall–Kier alpha value is -2.04. The van der Waals surface area contributed by atoms with Crippen LogP contribution in [-0.2, 0) is 16.6 Å². The van der Waals surface area contributed by atoms with Crippen LogP contribution in [0.5, 0.6) is 0 Å². The van der Waals surface area contributed by atoms with Crippen molar-refractivity contribution in [2.75, 3.05) is 32.7 Å². The first-order valence-electron chi connectivity index (χ1n) is 10.4. The predicted molar refractivity (Wildman–Crippen MR) is 113 cm³/mol. The highest BCUT2D eigenvalue weighted by molar-refractivity contribution is 5.80. The minimum atomic E-state index is -0.0173. The van der Waals surface area contributed by atoms with E-state index in [4.69, 9.17) is 4.99 Å². The third-order valence-corrected chi connectivity index (χ3v) is 5.19. The van der Waals surface area contributed by atoms with E-state index in [1.165, 1.54) is 11.1 Å². The number of amides is 1. The molecule has 27 heavy (non-hydrogen) atoms. The molecule has 2 N–H and O–H groups in total. The maximum atomic E-state index is 11.7. The molecule has 2 rings (SSSR count). The first-order chi connectivity index (χ1) is 13.0. The van der Waals surface area contributed by atoms with Crippen LogP contribution in [0, 0.1) is 0 Å². The van der Waals surface area contributed by atoms with Crippen LogP contribution in [0.4, 0.5) is 0 Å². The molecule has 5 heteroatoms. The smallest absolute Gasteiger partial charge is 0.222 e. The van der Waals surface area contributed by atoms with E-state index in [1.54, 1.807) is 0 Å². The van der Waals surface area contributed by atoms with E-state index < -0.39 is 0 Å². The van der Waals surface area contributed by atoms with Crippen LogP contribution in [0.15, 0.2) is 29.3 Å². The molecular formula is C22H36N4O. The minimum Gasteiger partial charge on any atom is -0.357 e. The maximum absolute atomic E-state index is 11.7. The highest BCUT2D eigenvalue weighted by Gasteiger charge is 2.21. The molecule has 0 radical (unpaired) electrons. The van der Waals surface area contributed by atoms with Crippen molar-refractivity contribution < 1.29 is 4.79 Å². The number of hydrogen-bond acceptors (Lipinski definition) is 2. The molecule has 1 aromatic rings. The van der Waals surface area contributed by atoms with Gasteiger partial charge in [0, 0.05) is 38.0 Å². The molecule has 1 amide bonds. The molecule has 0 unspecified atom stereocenters. The Bertz CT molecular complexity index is 622. The lowest BCUT2D eigenvalue weighted by Gasteiger charge is -2.24. The molecule has 1 aliphatic heterocycles. The third-order valence-electron chi connectivity index (χ3n) is 5.19. The van der Waals surface area contributed by atoms with Gasteiger partial charge in [0.25, 0.3) is 0 Å². The highest BCUT2D eigenvalue weighted by Crippen LogP contribution is 2.24. The molecule has 0 atom stereocenters. The van der Waals surface area contributed by atoms with Crippen LogP contribution in [0.25, 0.3) is 0 Å². The summed E-state index contributed by atoms with van der Waals surface area (Å²) in [6, 6.07) is 8.87. The number of rotatable bonds is 9. The van der Waals surface area contributed by atoms with Gasteiger partial charge in [-0.3, -0.25) is 9.79 Å². The van der Waals surface area contributed by atoms with Crippen LogP contribution < -0.4 is 10.6 Å². The molecule has 5 nitrogen and oxygen atoms in total. The standard InChI is InChI=1S/C22H36N4O/c1-5-18-10-12-19(13-11-18)22(3,4)17-25-21(23-6-2)24-14-8-16-26-15-7-9-20(26)27/h10-13H,5-9,14-17H2,1-4H3,(H2,23,24,25). The van der Waals surface area contributed by atoms with Gasteiger partial charge < -0.3 is 15.5 Å². The van der Waals surface area contributed by atoms with Crippen LogP contribution in [0.3, 0.4) is 0 Å². The fourth-order valence-corrected chi connectivity index (χ4v) is 3.32. The average molecular weight is 373 g/mol. The normalized spacial score (nSPS) is 15.3. The van der Waals surface area contributed by atoms with Crippen molar-refractivity contribution in [1.82, 2.24) is 15.5 Å². The van der Waals surface area contributed by atoms with E-state index in [0.717, 1.165) is 57.9 Å². The van der Waals surface area contributed by atoms with Crippen LogP contribution in [-0.4, -0.2) is 49.5 Å². The van der Waals surface area contributed by atoms with E-state index >= 15 is 0 Å². The van der Waals surface area contributed by atoms with Gasteiger partial charge in [0.05, 0.1) is 6.54 Å². The first-order valence-corrected chi connectivity index (χ1v) is 10.4. The number of hydrogen-bond donors (Lipinski definition) is 2. The summed E-state index contributed by atoms with van der Waals surface area (Å²) in [5.41, 5.74) is 2.66. The molecular weight excluding hydrogens is 336 g/mol. The van der Waals surface area contributed by atoms with E-state index in [2.05, 4.69) is 62.6 Å². The molecule has 0 bridgehead atoms. The molecule has 1 saturated heterocycles. The first kappa shape index (κ1) is 21.3. The Morgan fingerprint density at radius 2 is 1.93 bits per heavy atom.